The highest BCUT2D eigenvalue weighted by Crippen LogP contribution is 2.25. The van der Waals surface area contributed by atoms with Gasteiger partial charge in [0.2, 0.25) is 0 Å². The standard InChI is InChI=1S/C15H15N3O3/c1-20-9-6-7-13-11(8-9)17-15(21-13)18-12-5-3-2-4-10(12)16-14(18)19/h6-8H,2-5H2,1H3,(H,16,19). The molecule has 4 rings (SSSR count). The second kappa shape index (κ2) is 4.51. The molecule has 0 fully saturated rings. The number of oxazole rings is 1. The zero-order valence-corrected chi connectivity index (χ0v) is 11.7. The van der Waals surface area contributed by atoms with Gasteiger partial charge in [-0.3, -0.25) is 0 Å². The van der Waals surface area contributed by atoms with Crippen LogP contribution < -0.4 is 10.4 Å². The lowest BCUT2D eigenvalue weighted by molar-refractivity contribution is 0.415. The third-order valence-electron chi connectivity index (χ3n) is 3.94. The summed E-state index contributed by atoms with van der Waals surface area (Å²) in [6.45, 7) is 0. The Hall–Kier alpha value is -2.50. The van der Waals surface area contributed by atoms with Crippen LogP contribution in [0.3, 0.4) is 0 Å². The maximum absolute atomic E-state index is 12.2. The van der Waals surface area contributed by atoms with E-state index in [0.717, 1.165) is 37.1 Å². The Morgan fingerprint density at radius 2 is 2.19 bits per heavy atom. The fourth-order valence-electron chi connectivity index (χ4n) is 2.90. The number of rotatable bonds is 2. The molecule has 0 bridgehead atoms. The van der Waals surface area contributed by atoms with Crippen molar-refractivity contribution in [3.05, 3.63) is 40.1 Å². The van der Waals surface area contributed by atoms with E-state index in [1.807, 2.05) is 6.07 Å². The molecule has 1 aliphatic carbocycles. The van der Waals surface area contributed by atoms with E-state index >= 15 is 0 Å². The zero-order valence-electron chi connectivity index (χ0n) is 11.7. The number of benzene rings is 1. The minimum atomic E-state index is -0.180. The first-order valence-electron chi connectivity index (χ1n) is 7.04. The van der Waals surface area contributed by atoms with Crippen molar-refractivity contribution in [3.8, 4) is 11.8 Å². The SMILES string of the molecule is COc1ccc2oc(-n3c4c([nH]c3=O)CCCC4)nc2c1. The molecule has 0 radical (unpaired) electrons. The lowest BCUT2D eigenvalue weighted by Gasteiger charge is -2.11. The molecule has 0 unspecified atom stereocenters. The Labute approximate surface area is 120 Å². The molecule has 0 saturated heterocycles. The van der Waals surface area contributed by atoms with Gasteiger partial charge in [-0.1, -0.05) is 0 Å². The molecule has 1 aromatic carbocycles. The van der Waals surface area contributed by atoms with Gasteiger partial charge in [-0.05, 0) is 37.8 Å². The number of nitrogens with one attached hydrogen (secondary N) is 1. The Morgan fingerprint density at radius 3 is 3.05 bits per heavy atom. The lowest BCUT2D eigenvalue weighted by atomic mass is 10.0. The van der Waals surface area contributed by atoms with Gasteiger partial charge in [-0.2, -0.15) is 4.98 Å². The van der Waals surface area contributed by atoms with E-state index < -0.39 is 0 Å². The number of aryl methyl sites for hydroxylation is 1. The van der Waals surface area contributed by atoms with Crippen molar-refractivity contribution >= 4 is 11.1 Å². The molecular weight excluding hydrogens is 270 g/mol. The van der Waals surface area contributed by atoms with Crippen LogP contribution >= 0.6 is 0 Å². The Kier molecular flexibility index (Phi) is 2.63. The summed E-state index contributed by atoms with van der Waals surface area (Å²) in [6.07, 6.45) is 3.97. The topological polar surface area (TPSA) is 73.1 Å². The van der Waals surface area contributed by atoms with E-state index in [-0.39, 0.29) is 5.69 Å². The maximum Gasteiger partial charge on any atom is 0.334 e. The highest BCUT2D eigenvalue weighted by molar-refractivity contribution is 5.75. The Bertz CT molecular complexity index is 872. The van der Waals surface area contributed by atoms with Crippen molar-refractivity contribution in [3.63, 3.8) is 0 Å². The van der Waals surface area contributed by atoms with Crippen molar-refractivity contribution in [1.82, 2.24) is 14.5 Å². The molecule has 0 amide bonds. The first-order valence-corrected chi connectivity index (χ1v) is 7.04. The van der Waals surface area contributed by atoms with E-state index in [9.17, 15) is 4.79 Å². The predicted molar refractivity (Wildman–Crippen MR) is 77.2 cm³/mol. The zero-order chi connectivity index (χ0) is 14.4. The van der Waals surface area contributed by atoms with Crippen molar-refractivity contribution in [2.75, 3.05) is 7.11 Å². The normalized spacial score (nSPS) is 14.3. The highest BCUT2D eigenvalue weighted by Gasteiger charge is 2.21. The molecule has 3 aromatic rings. The summed E-state index contributed by atoms with van der Waals surface area (Å²) in [5.74, 6) is 0.714. The molecule has 0 atom stereocenters. The number of imidazole rings is 1. The summed E-state index contributed by atoms with van der Waals surface area (Å²) in [6, 6.07) is 5.73. The predicted octanol–water partition coefficient (Wildman–Crippen LogP) is 2.19. The number of hydrogen-bond acceptors (Lipinski definition) is 4. The van der Waals surface area contributed by atoms with E-state index in [2.05, 4.69) is 9.97 Å². The van der Waals surface area contributed by atoms with Gasteiger partial charge in [0.05, 0.1) is 12.8 Å². The smallest absolute Gasteiger partial charge is 0.334 e. The summed E-state index contributed by atoms with van der Waals surface area (Å²) >= 11 is 0. The van der Waals surface area contributed by atoms with Gasteiger partial charge >= 0.3 is 11.7 Å². The van der Waals surface area contributed by atoms with Crippen LogP contribution in [0.2, 0.25) is 0 Å². The molecule has 1 aliphatic rings. The second-order valence-corrected chi connectivity index (χ2v) is 5.23. The number of fused-ring (bicyclic) bond motifs is 2. The maximum atomic E-state index is 12.2. The van der Waals surface area contributed by atoms with Gasteiger partial charge in [0.25, 0.3) is 0 Å². The minimum Gasteiger partial charge on any atom is -0.497 e. The van der Waals surface area contributed by atoms with Gasteiger partial charge in [-0.15, -0.1) is 0 Å². The van der Waals surface area contributed by atoms with Crippen LogP contribution in [0.4, 0.5) is 0 Å². The molecule has 2 heterocycles. The number of aromatic nitrogens is 3. The molecule has 108 valence electrons. The molecule has 6 nitrogen and oxygen atoms in total. The van der Waals surface area contributed by atoms with Crippen molar-refractivity contribution in [2.45, 2.75) is 25.7 Å². The van der Waals surface area contributed by atoms with Crippen LogP contribution in [0, 0.1) is 0 Å². The van der Waals surface area contributed by atoms with Crippen LogP contribution in [0.1, 0.15) is 24.2 Å². The summed E-state index contributed by atoms with van der Waals surface area (Å²) < 4.78 is 12.5. The highest BCUT2D eigenvalue weighted by atomic mass is 16.5. The fraction of sp³-hybridized carbons (Fsp3) is 0.333. The van der Waals surface area contributed by atoms with Gasteiger partial charge in [0, 0.05) is 11.8 Å². The third kappa shape index (κ3) is 1.86. The summed E-state index contributed by atoms with van der Waals surface area (Å²) in [5.41, 5.74) is 3.14. The molecule has 0 saturated carbocycles. The number of methoxy groups -OCH3 is 1. The van der Waals surface area contributed by atoms with Gasteiger partial charge in [-0.25, -0.2) is 9.36 Å². The number of aromatic amines is 1. The van der Waals surface area contributed by atoms with Crippen molar-refractivity contribution in [2.24, 2.45) is 0 Å². The number of hydrogen-bond donors (Lipinski definition) is 1. The van der Waals surface area contributed by atoms with Gasteiger partial charge in [0.1, 0.15) is 11.3 Å². The summed E-state index contributed by atoms with van der Waals surface area (Å²) in [4.78, 5) is 19.5. The first-order chi connectivity index (χ1) is 10.3. The number of nitrogens with zero attached hydrogens (tertiary/aromatic N) is 2. The average molecular weight is 285 g/mol. The van der Waals surface area contributed by atoms with Crippen molar-refractivity contribution in [1.29, 1.82) is 0 Å². The molecular formula is C15H15N3O3. The first kappa shape index (κ1) is 12.3. The van der Waals surface area contributed by atoms with Crippen LogP contribution in [0.25, 0.3) is 17.1 Å². The van der Waals surface area contributed by atoms with E-state index in [1.165, 1.54) is 0 Å². The van der Waals surface area contributed by atoms with E-state index in [1.54, 1.807) is 23.8 Å². The van der Waals surface area contributed by atoms with E-state index in [4.69, 9.17) is 9.15 Å². The number of ether oxygens (including phenoxy) is 1. The molecule has 21 heavy (non-hydrogen) atoms. The third-order valence-corrected chi connectivity index (χ3v) is 3.94. The van der Waals surface area contributed by atoms with E-state index in [0.29, 0.717) is 22.9 Å². The monoisotopic (exact) mass is 285 g/mol. The van der Waals surface area contributed by atoms with Gasteiger partial charge in [0.15, 0.2) is 5.58 Å². The second-order valence-electron chi connectivity index (χ2n) is 5.23. The molecule has 0 aliphatic heterocycles. The molecule has 2 aromatic heterocycles. The quantitative estimate of drug-likeness (QED) is 0.783. The summed E-state index contributed by atoms with van der Waals surface area (Å²) in [7, 11) is 1.61. The van der Waals surface area contributed by atoms with Gasteiger partial charge < -0.3 is 14.1 Å². The van der Waals surface area contributed by atoms with Crippen LogP contribution in [-0.2, 0) is 12.8 Å². The summed E-state index contributed by atoms with van der Waals surface area (Å²) in [5, 5.41) is 0. The van der Waals surface area contributed by atoms with Crippen LogP contribution in [0.5, 0.6) is 5.75 Å². The molecule has 6 heteroatoms. The molecule has 0 spiro atoms. The lowest BCUT2D eigenvalue weighted by Crippen LogP contribution is -2.17. The average Bonchev–Trinajstić information content (AvgIpc) is 3.05. The Balaban J connectivity index is 1.90. The largest absolute Gasteiger partial charge is 0.497 e. The fourth-order valence-corrected chi connectivity index (χ4v) is 2.90. The minimum absolute atomic E-state index is 0.180. The van der Waals surface area contributed by atoms with Crippen LogP contribution in [-0.4, -0.2) is 21.6 Å². The Morgan fingerprint density at radius 1 is 1.33 bits per heavy atom. The number of H-pyrrole nitrogens is 1. The molecule has 1 N–H and O–H groups in total. The van der Waals surface area contributed by atoms with Crippen molar-refractivity contribution < 1.29 is 9.15 Å². The van der Waals surface area contributed by atoms with Crippen LogP contribution in [0.15, 0.2) is 27.4 Å².